The van der Waals surface area contributed by atoms with Crippen LogP contribution in [0.5, 0.6) is 0 Å². The molecule has 0 radical (unpaired) electrons. The molecule has 1 fully saturated rings. The molecular formula is C8H11NO. The molecule has 0 aromatic rings. The molecule has 1 saturated carbocycles. The smallest absolute Gasteiger partial charge is 0.159 e. The van der Waals surface area contributed by atoms with Crippen molar-refractivity contribution in [2.45, 2.75) is 25.3 Å². The van der Waals surface area contributed by atoms with Gasteiger partial charge in [-0.25, -0.2) is 0 Å². The summed E-state index contributed by atoms with van der Waals surface area (Å²) in [5.41, 5.74) is 0. The highest BCUT2D eigenvalue weighted by molar-refractivity contribution is 5.90. The van der Waals surface area contributed by atoms with E-state index >= 15 is 0 Å². The van der Waals surface area contributed by atoms with Gasteiger partial charge in [-0.1, -0.05) is 0 Å². The van der Waals surface area contributed by atoms with Gasteiger partial charge in [-0.3, -0.25) is 4.79 Å². The Morgan fingerprint density at radius 3 is 2.90 bits per heavy atom. The van der Waals surface area contributed by atoms with E-state index in [2.05, 4.69) is 5.32 Å². The predicted molar refractivity (Wildman–Crippen MR) is 38.4 cm³/mol. The molecule has 0 aromatic heterocycles. The van der Waals surface area contributed by atoms with Gasteiger partial charge < -0.3 is 5.32 Å². The van der Waals surface area contributed by atoms with Crippen molar-refractivity contribution in [1.82, 2.24) is 5.32 Å². The highest BCUT2D eigenvalue weighted by Crippen LogP contribution is 2.34. The fourth-order valence-electron chi connectivity index (χ4n) is 1.41. The van der Waals surface area contributed by atoms with Gasteiger partial charge in [-0.15, -0.1) is 0 Å². The number of nitrogens with one attached hydrogen (secondary N) is 1. The van der Waals surface area contributed by atoms with Gasteiger partial charge >= 0.3 is 0 Å². The van der Waals surface area contributed by atoms with Gasteiger partial charge in [0, 0.05) is 18.7 Å². The largest absolute Gasteiger partial charge is 0.387 e. The van der Waals surface area contributed by atoms with Crippen molar-refractivity contribution in [3.63, 3.8) is 0 Å². The molecule has 1 aliphatic heterocycles. The minimum absolute atomic E-state index is 0.274. The summed E-state index contributed by atoms with van der Waals surface area (Å²) in [6.45, 7) is 0. The van der Waals surface area contributed by atoms with Gasteiger partial charge in [0.05, 0.1) is 0 Å². The van der Waals surface area contributed by atoms with E-state index < -0.39 is 0 Å². The molecule has 0 amide bonds. The molecule has 0 aromatic carbocycles. The standard InChI is InChI=1S/C8H11NO/c10-7-3-4-9-8(5-7)6-1-2-6/h3-4,6,8-9H,1-2,5H2. The zero-order chi connectivity index (χ0) is 6.97. The molecule has 1 unspecified atom stereocenters. The Labute approximate surface area is 60.3 Å². The minimum Gasteiger partial charge on any atom is -0.387 e. The van der Waals surface area contributed by atoms with E-state index in [9.17, 15) is 4.79 Å². The third-order valence-electron chi connectivity index (χ3n) is 2.19. The zero-order valence-electron chi connectivity index (χ0n) is 5.84. The van der Waals surface area contributed by atoms with Crippen molar-refractivity contribution in [2.75, 3.05) is 0 Å². The van der Waals surface area contributed by atoms with Crippen LogP contribution in [0.4, 0.5) is 0 Å². The first-order valence-electron chi connectivity index (χ1n) is 3.82. The van der Waals surface area contributed by atoms with Gasteiger partial charge in [0.2, 0.25) is 0 Å². The van der Waals surface area contributed by atoms with Crippen molar-refractivity contribution < 1.29 is 4.79 Å². The molecule has 2 aliphatic rings. The van der Waals surface area contributed by atoms with Crippen molar-refractivity contribution in [3.8, 4) is 0 Å². The maximum atomic E-state index is 10.9. The van der Waals surface area contributed by atoms with E-state index in [1.165, 1.54) is 12.8 Å². The number of carbonyl (C=O) groups excluding carboxylic acids is 1. The highest BCUT2D eigenvalue weighted by atomic mass is 16.1. The van der Waals surface area contributed by atoms with Gasteiger partial charge in [0.1, 0.15) is 0 Å². The number of carbonyl (C=O) groups is 1. The van der Waals surface area contributed by atoms with Crippen LogP contribution in [0.1, 0.15) is 19.3 Å². The molecule has 2 heteroatoms. The molecule has 1 atom stereocenters. The number of hydrogen-bond acceptors (Lipinski definition) is 2. The normalized spacial score (nSPS) is 32.0. The average Bonchev–Trinajstić information content (AvgIpc) is 2.68. The van der Waals surface area contributed by atoms with Crippen LogP contribution in [0, 0.1) is 5.92 Å². The van der Waals surface area contributed by atoms with Gasteiger partial charge in [-0.05, 0) is 24.8 Å². The second-order valence-corrected chi connectivity index (χ2v) is 3.11. The molecule has 2 nitrogen and oxygen atoms in total. The second kappa shape index (κ2) is 2.11. The zero-order valence-corrected chi connectivity index (χ0v) is 5.84. The number of hydrogen-bond donors (Lipinski definition) is 1. The predicted octanol–water partition coefficient (Wildman–Crippen LogP) is 0.841. The van der Waals surface area contributed by atoms with Crippen molar-refractivity contribution >= 4 is 5.78 Å². The number of rotatable bonds is 1. The Bertz CT molecular complexity index is 182. The van der Waals surface area contributed by atoms with E-state index in [1.54, 1.807) is 12.3 Å². The van der Waals surface area contributed by atoms with Crippen LogP contribution in [-0.4, -0.2) is 11.8 Å². The summed E-state index contributed by atoms with van der Waals surface area (Å²) in [5.74, 6) is 1.06. The van der Waals surface area contributed by atoms with Crippen LogP contribution < -0.4 is 5.32 Å². The molecule has 1 N–H and O–H groups in total. The third-order valence-corrected chi connectivity index (χ3v) is 2.19. The lowest BCUT2D eigenvalue weighted by Gasteiger charge is -2.18. The first-order valence-corrected chi connectivity index (χ1v) is 3.82. The monoisotopic (exact) mass is 137 g/mol. The van der Waals surface area contributed by atoms with Crippen LogP contribution in [0.2, 0.25) is 0 Å². The molecule has 54 valence electrons. The lowest BCUT2D eigenvalue weighted by molar-refractivity contribution is -0.115. The molecule has 0 bridgehead atoms. The fraction of sp³-hybridized carbons (Fsp3) is 0.625. The average molecular weight is 137 g/mol. The Morgan fingerprint density at radius 1 is 1.50 bits per heavy atom. The number of ketones is 1. The molecule has 0 spiro atoms. The Kier molecular flexibility index (Phi) is 1.26. The topological polar surface area (TPSA) is 29.1 Å². The lowest BCUT2D eigenvalue weighted by Crippen LogP contribution is -2.32. The summed E-state index contributed by atoms with van der Waals surface area (Å²) < 4.78 is 0. The summed E-state index contributed by atoms with van der Waals surface area (Å²) in [6.07, 6.45) is 6.73. The van der Waals surface area contributed by atoms with Gasteiger partial charge in [-0.2, -0.15) is 0 Å². The van der Waals surface area contributed by atoms with Crippen LogP contribution >= 0.6 is 0 Å². The Morgan fingerprint density at radius 2 is 2.30 bits per heavy atom. The highest BCUT2D eigenvalue weighted by Gasteiger charge is 2.32. The third kappa shape index (κ3) is 1.06. The van der Waals surface area contributed by atoms with E-state index in [1.807, 2.05) is 0 Å². The van der Waals surface area contributed by atoms with Crippen molar-refractivity contribution in [3.05, 3.63) is 12.3 Å². The molecule has 1 aliphatic carbocycles. The van der Waals surface area contributed by atoms with E-state index in [0.717, 1.165) is 5.92 Å². The van der Waals surface area contributed by atoms with Crippen LogP contribution in [-0.2, 0) is 4.79 Å². The summed E-state index contributed by atoms with van der Waals surface area (Å²) in [6, 6.07) is 0.456. The second-order valence-electron chi connectivity index (χ2n) is 3.11. The molecule has 1 heterocycles. The van der Waals surface area contributed by atoms with Gasteiger partial charge in [0.15, 0.2) is 5.78 Å². The quantitative estimate of drug-likeness (QED) is 0.580. The SMILES string of the molecule is O=C1C=CNC(C2CC2)C1. The Hall–Kier alpha value is -0.790. The maximum absolute atomic E-state index is 10.9. The van der Waals surface area contributed by atoms with Crippen molar-refractivity contribution in [2.24, 2.45) is 5.92 Å². The molecule has 2 rings (SSSR count). The maximum Gasteiger partial charge on any atom is 0.159 e. The summed E-state index contributed by atoms with van der Waals surface area (Å²) in [5, 5.41) is 3.21. The molecule has 0 saturated heterocycles. The van der Waals surface area contributed by atoms with Crippen LogP contribution in [0.3, 0.4) is 0 Å². The molecular weight excluding hydrogens is 126 g/mol. The van der Waals surface area contributed by atoms with Crippen LogP contribution in [0.25, 0.3) is 0 Å². The van der Waals surface area contributed by atoms with E-state index in [0.29, 0.717) is 12.5 Å². The van der Waals surface area contributed by atoms with Crippen LogP contribution in [0.15, 0.2) is 12.3 Å². The summed E-state index contributed by atoms with van der Waals surface area (Å²) in [4.78, 5) is 10.9. The Balaban J connectivity index is 1.99. The first-order chi connectivity index (χ1) is 4.86. The fourth-order valence-corrected chi connectivity index (χ4v) is 1.41. The summed E-state index contributed by atoms with van der Waals surface area (Å²) in [7, 11) is 0. The molecule has 10 heavy (non-hydrogen) atoms. The van der Waals surface area contributed by atoms with E-state index in [4.69, 9.17) is 0 Å². The van der Waals surface area contributed by atoms with E-state index in [-0.39, 0.29) is 5.78 Å². The minimum atomic E-state index is 0.274. The number of allylic oxidation sites excluding steroid dienone is 1. The summed E-state index contributed by atoms with van der Waals surface area (Å²) >= 11 is 0. The first kappa shape index (κ1) is 5.96. The lowest BCUT2D eigenvalue weighted by atomic mass is 10.0. The van der Waals surface area contributed by atoms with Gasteiger partial charge in [0.25, 0.3) is 0 Å². The van der Waals surface area contributed by atoms with Crippen molar-refractivity contribution in [1.29, 1.82) is 0 Å².